The van der Waals surface area contributed by atoms with Gasteiger partial charge in [0.1, 0.15) is 6.04 Å². The zero-order chi connectivity index (χ0) is 30.7. The summed E-state index contributed by atoms with van der Waals surface area (Å²) in [6, 6.07) is 18.0. The number of amides is 3. The molecule has 228 valence electrons. The molecule has 3 aliphatic rings. The maximum absolute atomic E-state index is 14.8. The van der Waals surface area contributed by atoms with E-state index >= 15 is 0 Å². The number of anilines is 1. The summed E-state index contributed by atoms with van der Waals surface area (Å²) < 4.78 is -0.743. The van der Waals surface area contributed by atoms with Crippen molar-refractivity contribution in [3.05, 3.63) is 91.5 Å². The largest absolute Gasteiger partial charge is 0.394 e. The van der Waals surface area contributed by atoms with Crippen LogP contribution in [-0.2, 0) is 20.9 Å². The van der Waals surface area contributed by atoms with Crippen molar-refractivity contribution >= 4 is 35.2 Å². The van der Waals surface area contributed by atoms with Crippen LogP contribution < -0.4 is 4.90 Å². The molecule has 7 nitrogen and oxygen atoms in total. The van der Waals surface area contributed by atoms with Crippen molar-refractivity contribution in [3.63, 3.8) is 0 Å². The van der Waals surface area contributed by atoms with Crippen molar-refractivity contribution in [2.75, 3.05) is 24.6 Å². The van der Waals surface area contributed by atoms with Gasteiger partial charge in [-0.1, -0.05) is 81.0 Å². The molecule has 2 aromatic rings. The van der Waals surface area contributed by atoms with E-state index in [0.29, 0.717) is 26.1 Å². The fourth-order valence-corrected chi connectivity index (χ4v) is 9.62. The monoisotopic (exact) mass is 601 g/mol. The van der Waals surface area contributed by atoms with E-state index < -0.39 is 28.7 Å². The molecule has 0 aromatic heterocycles. The van der Waals surface area contributed by atoms with E-state index in [1.54, 1.807) is 38.6 Å². The molecule has 0 aliphatic carbocycles. The quantitative estimate of drug-likeness (QED) is 0.330. The lowest BCUT2D eigenvalue weighted by Crippen LogP contribution is -2.58. The van der Waals surface area contributed by atoms with Crippen molar-refractivity contribution in [1.29, 1.82) is 0 Å². The number of aliphatic hydroxyl groups excluding tert-OH is 1. The summed E-state index contributed by atoms with van der Waals surface area (Å²) in [6.07, 6.45) is 5.60. The lowest BCUT2D eigenvalue weighted by atomic mass is 9.70. The molecule has 2 bridgehead atoms. The van der Waals surface area contributed by atoms with Crippen molar-refractivity contribution < 1.29 is 19.5 Å². The molecule has 8 heteroatoms. The second-order valence-corrected chi connectivity index (χ2v) is 13.6. The number of para-hydroxylation sites is 1. The van der Waals surface area contributed by atoms with Gasteiger partial charge in [-0.05, 0) is 36.5 Å². The highest BCUT2D eigenvalue weighted by Gasteiger charge is 2.74. The van der Waals surface area contributed by atoms with Crippen LogP contribution in [0.4, 0.5) is 5.69 Å². The molecule has 1 N–H and O–H groups in total. The smallest absolute Gasteiger partial charge is 0.247 e. The molecule has 3 saturated heterocycles. The number of rotatable bonds is 13. The van der Waals surface area contributed by atoms with Gasteiger partial charge in [0.2, 0.25) is 17.7 Å². The number of carbonyl (C=O) groups excluding carboxylic acids is 3. The van der Waals surface area contributed by atoms with Crippen LogP contribution in [0.3, 0.4) is 0 Å². The van der Waals surface area contributed by atoms with E-state index in [4.69, 9.17) is 0 Å². The Bertz CT molecular complexity index is 1340. The van der Waals surface area contributed by atoms with Gasteiger partial charge in [0.05, 0.1) is 29.2 Å². The molecule has 43 heavy (non-hydrogen) atoms. The Morgan fingerprint density at radius 3 is 2.33 bits per heavy atom. The summed E-state index contributed by atoms with van der Waals surface area (Å²) in [7, 11) is 0. The van der Waals surface area contributed by atoms with Crippen LogP contribution in [0.1, 0.15) is 38.7 Å². The zero-order valence-electron chi connectivity index (χ0n) is 25.2. The van der Waals surface area contributed by atoms with Gasteiger partial charge in [-0.25, -0.2) is 0 Å². The number of hydrogen-bond donors (Lipinski definition) is 1. The van der Waals surface area contributed by atoms with Gasteiger partial charge in [0, 0.05) is 30.6 Å². The van der Waals surface area contributed by atoms with Gasteiger partial charge >= 0.3 is 0 Å². The number of likely N-dealkylation sites (tertiary alicyclic amines) is 1. The summed E-state index contributed by atoms with van der Waals surface area (Å²) in [4.78, 5) is 49.1. The Morgan fingerprint density at radius 2 is 1.72 bits per heavy atom. The number of aliphatic hydroxyl groups is 1. The van der Waals surface area contributed by atoms with E-state index in [9.17, 15) is 19.5 Å². The van der Waals surface area contributed by atoms with Crippen molar-refractivity contribution in [2.45, 2.75) is 61.7 Å². The number of carbonyl (C=O) groups is 3. The first-order valence-electron chi connectivity index (χ1n) is 15.3. The van der Waals surface area contributed by atoms with E-state index in [1.165, 1.54) is 0 Å². The Kier molecular flexibility index (Phi) is 9.47. The molecule has 0 radical (unpaired) electrons. The molecule has 5 rings (SSSR count). The second kappa shape index (κ2) is 13.1. The lowest BCUT2D eigenvalue weighted by molar-refractivity contribution is -0.147. The molecule has 3 amide bonds. The highest BCUT2D eigenvalue weighted by Crippen LogP contribution is 2.67. The number of thioether (sulfide) groups is 1. The maximum Gasteiger partial charge on any atom is 0.247 e. The Morgan fingerprint density at radius 1 is 1.07 bits per heavy atom. The molecule has 3 aliphatic heterocycles. The third-order valence-corrected chi connectivity index (χ3v) is 11.6. The van der Waals surface area contributed by atoms with Gasteiger partial charge in [0.25, 0.3) is 0 Å². The van der Waals surface area contributed by atoms with Gasteiger partial charge in [-0.15, -0.1) is 24.9 Å². The topological polar surface area (TPSA) is 81.2 Å². The van der Waals surface area contributed by atoms with E-state index in [-0.39, 0.29) is 35.5 Å². The maximum atomic E-state index is 14.8. The van der Waals surface area contributed by atoms with Gasteiger partial charge < -0.3 is 19.8 Å². The first kappa shape index (κ1) is 31.1. The predicted octanol–water partition coefficient (Wildman–Crippen LogP) is 4.92. The predicted molar refractivity (Wildman–Crippen MR) is 172 cm³/mol. The number of hydrogen-bond acceptors (Lipinski definition) is 5. The van der Waals surface area contributed by atoms with Crippen LogP contribution in [0.25, 0.3) is 0 Å². The molecule has 3 heterocycles. The molecular weight excluding hydrogens is 558 g/mol. The molecule has 3 fully saturated rings. The highest BCUT2D eigenvalue weighted by molar-refractivity contribution is 8.02. The number of fused-ring (bicyclic) bond motifs is 1. The van der Waals surface area contributed by atoms with Gasteiger partial charge in [-0.2, -0.15) is 0 Å². The fraction of sp³-hybridized carbons (Fsp3) is 0.457. The molecule has 0 saturated carbocycles. The van der Waals surface area contributed by atoms with Crippen molar-refractivity contribution in [1.82, 2.24) is 9.80 Å². The van der Waals surface area contributed by atoms with Crippen molar-refractivity contribution in [3.8, 4) is 0 Å². The molecule has 7 atom stereocenters. The average molecular weight is 602 g/mol. The Labute approximate surface area is 259 Å². The van der Waals surface area contributed by atoms with Crippen LogP contribution in [-0.4, -0.2) is 74.4 Å². The van der Waals surface area contributed by atoms with Crippen LogP contribution in [0, 0.1) is 17.8 Å². The Hall–Kier alpha value is -3.36. The summed E-state index contributed by atoms with van der Waals surface area (Å²) in [5.41, 5.74) is 1.75. The van der Waals surface area contributed by atoms with E-state index in [1.807, 2.05) is 74.5 Å². The van der Waals surface area contributed by atoms with Crippen molar-refractivity contribution in [2.24, 2.45) is 17.8 Å². The molecular formula is C35H43N3O4S. The fourth-order valence-electron chi connectivity index (χ4n) is 7.43. The summed E-state index contributed by atoms with van der Waals surface area (Å²) in [5.74, 6) is -1.67. The molecule has 1 spiro atoms. The minimum Gasteiger partial charge on any atom is -0.394 e. The van der Waals surface area contributed by atoms with Crippen LogP contribution in [0.15, 0.2) is 86.0 Å². The van der Waals surface area contributed by atoms with E-state index in [2.05, 4.69) is 13.2 Å². The van der Waals surface area contributed by atoms with Crippen LogP contribution in [0.5, 0.6) is 0 Å². The van der Waals surface area contributed by atoms with Gasteiger partial charge in [-0.3, -0.25) is 14.4 Å². The minimum absolute atomic E-state index is 0.0283. The zero-order valence-corrected chi connectivity index (χ0v) is 26.0. The first-order valence-corrected chi connectivity index (χ1v) is 16.2. The average Bonchev–Trinajstić information content (AvgIpc) is 3.68. The molecule has 2 aromatic carbocycles. The third-order valence-electron chi connectivity index (χ3n) is 9.63. The molecule has 2 unspecified atom stereocenters. The minimum atomic E-state index is -0.780. The summed E-state index contributed by atoms with van der Waals surface area (Å²) in [5, 5.41) is 10.6. The first-order chi connectivity index (χ1) is 20.8. The third kappa shape index (κ3) is 5.44. The number of nitrogens with zero attached hydrogens (tertiary/aromatic N) is 3. The standard InChI is InChI=1S/C35H43N3O4S/c1-5-20-36(22-25-14-10-8-11-15-25)34(42)31-35-19-18-28(43-35)29(30(35)33(41)38(31)27(23-39)24(4)7-3)32(40)37(21-6-2)26-16-12-9-13-17-26/h5-6,8-17,24,27-31,39H,1-2,7,18-23H2,3-4H3/t24-,27-,28+,29-,30-,31?,35?/m0/s1. The highest BCUT2D eigenvalue weighted by atomic mass is 32.2. The van der Waals surface area contributed by atoms with Gasteiger partial charge in [0.15, 0.2) is 0 Å². The van der Waals surface area contributed by atoms with E-state index in [0.717, 1.165) is 24.1 Å². The normalized spacial score (nSPS) is 27.0. The summed E-state index contributed by atoms with van der Waals surface area (Å²) in [6.45, 7) is 12.6. The van der Waals surface area contributed by atoms with Crippen LogP contribution in [0.2, 0.25) is 0 Å². The number of benzene rings is 2. The second-order valence-electron chi connectivity index (χ2n) is 12.0. The lowest BCUT2D eigenvalue weighted by Gasteiger charge is -2.41. The van der Waals surface area contributed by atoms with Crippen LogP contribution >= 0.6 is 11.8 Å². The SMILES string of the molecule is C=CCN(Cc1ccccc1)C(=O)C1N([C@@H](CO)[C@@H](C)CC)C(=O)[C@@H]2[C@@H](C(=O)N(CC=C)c3ccccc3)[C@H]3CCC12S3. The summed E-state index contributed by atoms with van der Waals surface area (Å²) >= 11 is 1.66. The Balaban J connectivity index is 1.58.